The van der Waals surface area contributed by atoms with Crippen LogP contribution in [0.3, 0.4) is 0 Å². The van der Waals surface area contributed by atoms with Crippen LogP contribution in [0.15, 0.2) is 30.6 Å². The summed E-state index contributed by atoms with van der Waals surface area (Å²) in [5.41, 5.74) is 0. The van der Waals surface area contributed by atoms with Gasteiger partial charge in [-0.05, 0) is 12.1 Å². The van der Waals surface area contributed by atoms with Crippen LogP contribution in [0.2, 0.25) is 0 Å². The number of hydrogen-bond donors (Lipinski definition) is 0. The van der Waals surface area contributed by atoms with Crippen LogP contribution >= 0.6 is 0 Å². The van der Waals surface area contributed by atoms with Crippen LogP contribution in [-0.4, -0.2) is 4.98 Å². The molecule has 11 heavy (non-hydrogen) atoms. The minimum atomic E-state index is 0. The van der Waals surface area contributed by atoms with Crippen LogP contribution in [0.5, 0.6) is 0 Å². The fourth-order valence-electron chi connectivity index (χ4n) is 0.313. The number of pyridine rings is 1. The van der Waals surface area contributed by atoms with Gasteiger partial charge in [-0.25, -0.2) is 0 Å². The van der Waals surface area contributed by atoms with E-state index in [-0.39, 0.29) is 66.7 Å². The summed E-state index contributed by atoms with van der Waals surface area (Å²) in [6.07, 6.45) is 3.50. The number of aromatic nitrogens is 1. The molecule has 0 saturated carbocycles. The molecule has 1 rings (SSSR count). The molecule has 0 aliphatic rings. The minimum Gasteiger partial charge on any atom is -1.00 e. The van der Waals surface area contributed by atoms with Crippen LogP contribution in [-0.2, 0) is 17.1 Å². The average molecular weight is 277 g/mol. The molecule has 0 amide bonds. The molecule has 1 aromatic heterocycles. The van der Waals surface area contributed by atoms with Gasteiger partial charge in [0.2, 0.25) is 0 Å². The summed E-state index contributed by atoms with van der Waals surface area (Å²) in [5.74, 6) is 0. The van der Waals surface area contributed by atoms with Gasteiger partial charge in [-0.2, -0.15) is 0 Å². The van der Waals surface area contributed by atoms with Crippen molar-refractivity contribution in [2.24, 2.45) is 0 Å². The first-order chi connectivity index (χ1) is 3.00. The first-order valence-electron chi connectivity index (χ1n) is 1.85. The molecule has 0 aromatic carbocycles. The van der Waals surface area contributed by atoms with Crippen molar-refractivity contribution >= 4 is 0 Å². The summed E-state index contributed by atoms with van der Waals surface area (Å²) in [6.45, 7) is 0. The van der Waals surface area contributed by atoms with Crippen LogP contribution in [0, 0.1) is 0 Å². The van der Waals surface area contributed by atoms with Crippen molar-refractivity contribution in [3.8, 4) is 0 Å². The average Bonchev–Trinajstić information content (AvgIpc) is 1.72. The van der Waals surface area contributed by atoms with Gasteiger partial charge in [0.05, 0.1) is 0 Å². The van der Waals surface area contributed by atoms with Gasteiger partial charge in [0.15, 0.2) is 0 Å². The Balaban J connectivity index is -0.0000000240. The van der Waals surface area contributed by atoms with Gasteiger partial charge in [-0.3, -0.25) is 4.98 Å². The second-order valence-electron chi connectivity index (χ2n) is 1.02. The summed E-state index contributed by atoms with van der Waals surface area (Å²) < 4.78 is 0. The maximum Gasteiger partial charge on any atom is 3.00 e. The second-order valence-corrected chi connectivity index (χ2v) is 1.02. The van der Waals surface area contributed by atoms with Gasteiger partial charge >= 0.3 is 17.1 Å². The number of nitrogens with zero attached hydrogens (tertiary/aromatic N) is 1. The van der Waals surface area contributed by atoms with E-state index in [9.17, 15) is 0 Å². The molecule has 0 aliphatic heterocycles. The molecule has 1 nitrogen and oxygen atoms in total. The zero-order chi connectivity index (χ0) is 4.24. The quantitative estimate of drug-likeness (QED) is 0.429. The predicted octanol–water partition coefficient (Wildman–Crippen LogP) is -10.9. The Bertz CT molecular complexity index is 90.4. The SMILES string of the molecule is [Cl-].[Cl-].[Cl-].[Cl-].[Fe+3].c1ccncc1. The zero-order valence-corrected chi connectivity index (χ0v) is 9.33. The molecule has 0 aliphatic carbocycles. The monoisotopic (exact) mass is 275 g/mol. The van der Waals surface area contributed by atoms with Crippen molar-refractivity contribution in [1.82, 2.24) is 4.98 Å². The molecule has 0 fully saturated rings. The Labute approximate surface area is 102 Å². The number of hydrogen-bond acceptors (Lipinski definition) is 1. The van der Waals surface area contributed by atoms with Crippen LogP contribution in [0.25, 0.3) is 0 Å². The van der Waals surface area contributed by atoms with Crippen molar-refractivity contribution in [3.05, 3.63) is 30.6 Å². The molecule has 1 heterocycles. The molecule has 0 bridgehead atoms. The summed E-state index contributed by atoms with van der Waals surface area (Å²) in [7, 11) is 0. The zero-order valence-electron chi connectivity index (χ0n) is 5.20. The van der Waals surface area contributed by atoms with Crippen molar-refractivity contribution in [2.75, 3.05) is 0 Å². The van der Waals surface area contributed by atoms with E-state index in [1.165, 1.54) is 0 Å². The molecule has 6 heteroatoms. The Morgan fingerprint density at radius 3 is 1.09 bits per heavy atom. The van der Waals surface area contributed by atoms with Gasteiger partial charge in [0.1, 0.15) is 0 Å². The summed E-state index contributed by atoms with van der Waals surface area (Å²) in [5, 5.41) is 0. The fourth-order valence-corrected chi connectivity index (χ4v) is 0.313. The first kappa shape index (κ1) is 29.7. The minimum absolute atomic E-state index is 0. The molecule has 0 N–H and O–H groups in total. The van der Waals surface area contributed by atoms with E-state index in [2.05, 4.69) is 4.98 Å². The molecular weight excluding hydrogens is 272 g/mol. The van der Waals surface area contributed by atoms with E-state index in [4.69, 9.17) is 0 Å². The molecule has 67 valence electrons. The largest absolute Gasteiger partial charge is 3.00 e. The van der Waals surface area contributed by atoms with E-state index in [1.807, 2.05) is 18.2 Å². The Morgan fingerprint density at radius 2 is 1.00 bits per heavy atom. The van der Waals surface area contributed by atoms with Gasteiger partial charge < -0.3 is 49.6 Å². The summed E-state index contributed by atoms with van der Waals surface area (Å²) >= 11 is 0. The molecule has 0 spiro atoms. The molecule has 1 aromatic rings. The second kappa shape index (κ2) is 22.4. The van der Waals surface area contributed by atoms with Crippen molar-refractivity contribution < 1.29 is 66.7 Å². The van der Waals surface area contributed by atoms with Crippen molar-refractivity contribution in [2.45, 2.75) is 0 Å². The Kier molecular flexibility index (Phi) is 60.7. The first-order valence-corrected chi connectivity index (χ1v) is 1.85. The van der Waals surface area contributed by atoms with Crippen molar-refractivity contribution in [1.29, 1.82) is 0 Å². The fraction of sp³-hybridized carbons (Fsp3) is 0. The summed E-state index contributed by atoms with van der Waals surface area (Å²) in [6, 6.07) is 5.72. The molecule has 0 atom stereocenters. The normalized spacial score (nSPS) is 4.36. The third-order valence-electron chi connectivity index (χ3n) is 0.566. The van der Waals surface area contributed by atoms with Crippen LogP contribution in [0.1, 0.15) is 0 Å². The molecule has 0 saturated heterocycles. The third-order valence-corrected chi connectivity index (χ3v) is 0.566. The number of halogens is 4. The molecule has 0 unspecified atom stereocenters. The molecular formula is C5H5Cl4FeN-. The smallest absolute Gasteiger partial charge is 1.00 e. The summed E-state index contributed by atoms with van der Waals surface area (Å²) in [4.78, 5) is 3.78. The van der Waals surface area contributed by atoms with E-state index in [0.717, 1.165) is 0 Å². The van der Waals surface area contributed by atoms with Crippen LogP contribution < -0.4 is 49.6 Å². The van der Waals surface area contributed by atoms with E-state index in [1.54, 1.807) is 12.4 Å². The van der Waals surface area contributed by atoms with Crippen molar-refractivity contribution in [3.63, 3.8) is 0 Å². The topological polar surface area (TPSA) is 12.9 Å². The van der Waals surface area contributed by atoms with Gasteiger partial charge in [-0.15, -0.1) is 0 Å². The standard InChI is InChI=1S/C5H5N.4ClH.Fe/c1-2-4-6-5-3-1;;;;;/h1-5H;4*1H;/q;;;;;+3/p-4. The Morgan fingerprint density at radius 1 is 0.636 bits per heavy atom. The van der Waals surface area contributed by atoms with E-state index < -0.39 is 0 Å². The third kappa shape index (κ3) is 18.1. The van der Waals surface area contributed by atoms with Gasteiger partial charge in [0, 0.05) is 12.4 Å². The van der Waals surface area contributed by atoms with E-state index >= 15 is 0 Å². The number of rotatable bonds is 0. The Hall–Kier alpha value is 0.829. The molecule has 1 radical (unpaired) electrons. The van der Waals surface area contributed by atoms with Gasteiger partial charge in [0.25, 0.3) is 0 Å². The van der Waals surface area contributed by atoms with Gasteiger partial charge in [-0.1, -0.05) is 6.07 Å². The predicted molar refractivity (Wildman–Crippen MR) is 24.2 cm³/mol. The van der Waals surface area contributed by atoms with E-state index in [0.29, 0.717) is 0 Å². The maximum atomic E-state index is 3.78. The van der Waals surface area contributed by atoms with Crippen LogP contribution in [0.4, 0.5) is 0 Å². The maximum absolute atomic E-state index is 3.78.